The van der Waals surface area contributed by atoms with Crippen molar-refractivity contribution in [1.29, 1.82) is 0 Å². The Bertz CT molecular complexity index is 1090. The quantitative estimate of drug-likeness (QED) is 0.464. The third-order valence-corrected chi connectivity index (χ3v) is 5.37. The number of hydrogen-bond acceptors (Lipinski definition) is 3. The van der Waals surface area contributed by atoms with Crippen molar-refractivity contribution in [2.24, 2.45) is 0 Å². The normalized spacial score (nSPS) is 15.1. The van der Waals surface area contributed by atoms with Crippen molar-refractivity contribution in [2.75, 3.05) is 5.32 Å². The molecule has 4 nitrogen and oxygen atoms in total. The third-order valence-electron chi connectivity index (χ3n) is 5.37. The second kappa shape index (κ2) is 6.06. The molecule has 0 unspecified atom stereocenters. The molecule has 0 amide bonds. The molecule has 2 heterocycles. The Balaban J connectivity index is 1.71. The number of aromatic nitrogens is 2. The van der Waals surface area contributed by atoms with Gasteiger partial charge in [0.25, 0.3) is 0 Å². The molecule has 3 N–H and O–H groups in total. The number of hydrogen-bond donors (Lipinski definition) is 3. The zero-order valence-electron chi connectivity index (χ0n) is 14.5. The van der Waals surface area contributed by atoms with E-state index < -0.39 is 0 Å². The molecule has 1 aliphatic rings. The first-order chi connectivity index (χ1) is 12.8. The number of pyridine rings is 1. The highest BCUT2D eigenvalue weighted by Gasteiger charge is 2.19. The van der Waals surface area contributed by atoms with Crippen molar-refractivity contribution in [1.82, 2.24) is 9.97 Å². The van der Waals surface area contributed by atoms with E-state index in [1.54, 1.807) is 0 Å². The zero-order chi connectivity index (χ0) is 17.5. The van der Waals surface area contributed by atoms with Crippen LogP contribution in [0.4, 0.5) is 5.69 Å². The summed E-state index contributed by atoms with van der Waals surface area (Å²) in [6, 6.07) is 18.7. The van der Waals surface area contributed by atoms with E-state index >= 15 is 0 Å². The van der Waals surface area contributed by atoms with Crippen LogP contribution >= 0.6 is 0 Å². The monoisotopic (exact) mass is 343 g/mol. The van der Waals surface area contributed by atoms with Crippen LogP contribution in [0.1, 0.15) is 25.7 Å². The lowest BCUT2D eigenvalue weighted by atomic mass is 10.1. The Morgan fingerprint density at radius 2 is 1.69 bits per heavy atom. The number of nitrogens with zero attached hydrogens (tertiary/aromatic N) is 1. The van der Waals surface area contributed by atoms with Crippen LogP contribution in [0, 0.1) is 0 Å². The molecule has 0 bridgehead atoms. The number of aromatic amines is 1. The highest BCUT2D eigenvalue weighted by molar-refractivity contribution is 6.01. The van der Waals surface area contributed by atoms with Crippen LogP contribution in [-0.4, -0.2) is 21.1 Å². The van der Waals surface area contributed by atoms with E-state index in [2.05, 4.69) is 22.4 Å². The van der Waals surface area contributed by atoms with Crippen molar-refractivity contribution in [3.05, 3.63) is 54.6 Å². The summed E-state index contributed by atoms with van der Waals surface area (Å²) in [4.78, 5) is 7.91. The maximum absolute atomic E-state index is 10.5. The molecule has 0 radical (unpaired) electrons. The van der Waals surface area contributed by atoms with Crippen LogP contribution < -0.4 is 5.32 Å². The molecule has 1 aliphatic carbocycles. The van der Waals surface area contributed by atoms with Gasteiger partial charge in [-0.1, -0.05) is 49.2 Å². The Kier molecular flexibility index (Phi) is 3.56. The molecule has 0 aliphatic heterocycles. The van der Waals surface area contributed by atoms with Crippen molar-refractivity contribution < 1.29 is 5.11 Å². The van der Waals surface area contributed by atoms with Crippen LogP contribution in [0.3, 0.4) is 0 Å². The van der Waals surface area contributed by atoms with Crippen molar-refractivity contribution in [3.63, 3.8) is 0 Å². The van der Waals surface area contributed by atoms with Crippen molar-refractivity contribution in [3.8, 4) is 17.1 Å². The lowest BCUT2D eigenvalue weighted by Gasteiger charge is -2.17. The van der Waals surface area contributed by atoms with Gasteiger partial charge in [-0.3, -0.25) is 0 Å². The molecule has 4 aromatic rings. The first-order valence-electron chi connectivity index (χ1n) is 9.26. The molecule has 1 fully saturated rings. The molecular weight excluding hydrogens is 322 g/mol. The fourth-order valence-corrected chi connectivity index (χ4v) is 4.10. The SMILES string of the molecule is Oc1[nH]c2ccccc2c1-c1cc(NC2CCCC2)c2ccccc2n1. The van der Waals surface area contributed by atoms with Crippen LogP contribution in [0.5, 0.6) is 5.88 Å². The smallest absolute Gasteiger partial charge is 0.199 e. The summed E-state index contributed by atoms with van der Waals surface area (Å²) in [5, 5.41) is 16.4. The molecule has 26 heavy (non-hydrogen) atoms. The summed E-state index contributed by atoms with van der Waals surface area (Å²) in [5.74, 6) is 0.167. The van der Waals surface area contributed by atoms with E-state index in [-0.39, 0.29) is 5.88 Å². The predicted octanol–water partition coefficient (Wildman–Crippen LogP) is 5.44. The Hall–Kier alpha value is -3.01. The fraction of sp³-hybridized carbons (Fsp3) is 0.227. The lowest BCUT2D eigenvalue weighted by Crippen LogP contribution is -2.14. The van der Waals surface area contributed by atoms with Gasteiger partial charge in [-0.15, -0.1) is 0 Å². The maximum atomic E-state index is 10.5. The van der Waals surface area contributed by atoms with Gasteiger partial charge in [-0.25, -0.2) is 4.98 Å². The highest BCUT2D eigenvalue weighted by atomic mass is 16.3. The van der Waals surface area contributed by atoms with Gasteiger partial charge in [0.2, 0.25) is 0 Å². The number of nitrogens with one attached hydrogen (secondary N) is 2. The van der Waals surface area contributed by atoms with Crippen LogP contribution in [0.2, 0.25) is 0 Å². The molecule has 4 heteroatoms. The van der Waals surface area contributed by atoms with Crippen LogP contribution in [-0.2, 0) is 0 Å². The van der Waals surface area contributed by atoms with Gasteiger partial charge in [0, 0.05) is 28.0 Å². The van der Waals surface area contributed by atoms with Gasteiger partial charge in [-0.05, 0) is 31.0 Å². The summed E-state index contributed by atoms with van der Waals surface area (Å²) >= 11 is 0. The first kappa shape index (κ1) is 15.3. The molecule has 2 aromatic heterocycles. The number of para-hydroxylation sites is 2. The van der Waals surface area contributed by atoms with Gasteiger partial charge in [0.05, 0.1) is 16.8 Å². The second-order valence-electron chi connectivity index (χ2n) is 7.09. The molecule has 2 aromatic carbocycles. The first-order valence-corrected chi connectivity index (χ1v) is 9.26. The van der Waals surface area contributed by atoms with E-state index in [9.17, 15) is 5.11 Å². The van der Waals surface area contributed by atoms with Crippen molar-refractivity contribution in [2.45, 2.75) is 31.7 Å². The minimum Gasteiger partial charge on any atom is -0.494 e. The lowest BCUT2D eigenvalue weighted by molar-refractivity contribution is 0.460. The predicted molar refractivity (Wildman–Crippen MR) is 107 cm³/mol. The number of aromatic hydroxyl groups is 1. The van der Waals surface area contributed by atoms with Crippen LogP contribution in [0.25, 0.3) is 33.1 Å². The van der Waals surface area contributed by atoms with E-state index in [0.717, 1.165) is 38.8 Å². The molecule has 1 saturated carbocycles. The summed E-state index contributed by atoms with van der Waals surface area (Å²) in [7, 11) is 0. The van der Waals surface area contributed by atoms with Crippen LogP contribution in [0.15, 0.2) is 54.6 Å². The number of rotatable bonds is 3. The summed E-state index contributed by atoms with van der Waals surface area (Å²) in [6.45, 7) is 0. The Morgan fingerprint density at radius 1 is 0.962 bits per heavy atom. The standard InChI is InChI=1S/C22H21N3O/c26-22-21(16-10-4-6-12-18(16)25-22)20-13-19(23-14-7-1-2-8-14)15-9-3-5-11-17(15)24-20/h3-6,9-14,25-26H,1-2,7-8H2,(H,23,24). The van der Waals surface area contributed by atoms with Gasteiger partial charge < -0.3 is 15.4 Å². The average molecular weight is 343 g/mol. The van der Waals surface area contributed by atoms with E-state index in [1.807, 2.05) is 42.5 Å². The van der Waals surface area contributed by atoms with E-state index in [0.29, 0.717) is 6.04 Å². The minimum absolute atomic E-state index is 0.167. The largest absolute Gasteiger partial charge is 0.494 e. The fourth-order valence-electron chi connectivity index (χ4n) is 4.10. The summed E-state index contributed by atoms with van der Waals surface area (Å²) in [5.41, 5.74) is 4.51. The summed E-state index contributed by atoms with van der Waals surface area (Å²) in [6.07, 6.45) is 5.00. The third kappa shape index (κ3) is 2.49. The van der Waals surface area contributed by atoms with Crippen molar-refractivity contribution >= 4 is 27.5 Å². The molecule has 5 rings (SSSR count). The van der Waals surface area contributed by atoms with Gasteiger partial charge in [0.1, 0.15) is 0 Å². The molecule has 0 saturated heterocycles. The molecular formula is C22H21N3O. The Labute approximate surface area is 151 Å². The summed E-state index contributed by atoms with van der Waals surface area (Å²) < 4.78 is 0. The zero-order valence-corrected chi connectivity index (χ0v) is 14.5. The van der Waals surface area contributed by atoms with E-state index in [4.69, 9.17) is 4.98 Å². The van der Waals surface area contributed by atoms with Gasteiger partial charge in [0.15, 0.2) is 5.88 Å². The molecule has 0 atom stereocenters. The molecule has 0 spiro atoms. The second-order valence-corrected chi connectivity index (χ2v) is 7.09. The minimum atomic E-state index is 0.167. The maximum Gasteiger partial charge on any atom is 0.199 e. The molecule has 130 valence electrons. The van der Waals surface area contributed by atoms with Gasteiger partial charge >= 0.3 is 0 Å². The topological polar surface area (TPSA) is 60.9 Å². The number of H-pyrrole nitrogens is 1. The highest BCUT2D eigenvalue weighted by Crippen LogP contribution is 2.38. The van der Waals surface area contributed by atoms with E-state index in [1.165, 1.54) is 25.7 Å². The van der Waals surface area contributed by atoms with Gasteiger partial charge in [-0.2, -0.15) is 0 Å². The number of fused-ring (bicyclic) bond motifs is 2. The number of benzene rings is 2. The number of anilines is 1. The average Bonchev–Trinajstić information content (AvgIpc) is 3.28. The Morgan fingerprint density at radius 3 is 2.54 bits per heavy atom.